The molecule has 0 aliphatic heterocycles. The largest absolute Gasteiger partial charge is 0.496 e. The zero-order valence-corrected chi connectivity index (χ0v) is 10.7. The highest BCUT2D eigenvalue weighted by atomic mass is 16.5. The third kappa shape index (κ3) is 2.33. The van der Waals surface area contributed by atoms with E-state index in [4.69, 9.17) is 9.47 Å². The van der Waals surface area contributed by atoms with Gasteiger partial charge in [0.2, 0.25) is 0 Å². The highest BCUT2D eigenvalue weighted by Gasteiger charge is 2.16. The van der Waals surface area contributed by atoms with Gasteiger partial charge >= 0.3 is 0 Å². The molecule has 0 unspecified atom stereocenters. The van der Waals surface area contributed by atoms with E-state index < -0.39 is 0 Å². The van der Waals surface area contributed by atoms with Crippen LogP contribution in [0.15, 0.2) is 48.5 Å². The summed E-state index contributed by atoms with van der Waals surface area (Å²) >= 11 is 0. The molecule has 0 heterocycles. The molecule has 1 radical (unpaired) electrons. The van der Waals surface area contributed by atoms with Crippen LogP contribution in [0.1, 0.15) is 17.0 Å². The summed E-state index contributed by atoms with van der Waals surface area (Å²) in [6.07, 6.45) is 0. The van der Waals surface area contributed by atoms with Gasteiger partial charge in [0.05, 0.1) is 14.2 Å². The Morgan fingerprint density at radius 3 is 1.56 bits per heavy atom. The van der Waals surface area contributed by atoms with Gasteiger partial charge in [-0.2, -0.15) is 0 Å². The van der Waals surface area contributed by atoms with Crippen LogP contribution in [0.5, 0.6) is 11.5 Å². The van der Waals surface area contributed by atoms with E-state index in [0.717, 1.165) is 22.6 Å². The van der Waals surface area contributed by atoms with Crippen molar-refractivity contribution in [1.82, 2.24) is 0 Å². The Labute approximate surface area is 108 Å². The van der Waals surface area contributed by atoms with E-state index in [1.54, 1.807) is 14.2 Å². The van der Waals surface area contributed by atoms with E-state index in [2.05, 4.69) is 6.92 Å². The third-order valence-corrected chi connectivity index (χ3v) is 3.03. The molecule has 0 aromatic heterocycles. The average Bonchev–Trinajstić information content (AvgIpc) is 2.46. The third-order valence-electron chi connectivity index (χ3n) is 3.03. The van der Waals surface area contributed by atoms with Crippen molar-refractivity contribution in [3.05, 3.63) is 66.6 Å². The molecule has 0 N–H and O–H groups in total. The molecule has 0 saturated carbocycles. The summed E-state index contributed by atoms with van der Waals surface area (Å²) in [5.41, 5.74) is 2.12. The van der Waals surface area contributed by atoms with Crippen molar-refractivity contribution >= 4 is 0 Å². The lowest BCUT2D eigenvalue weighted by Crippen LogP contribution is -2.01. The van der Waals surface area contributed by atoms with Gasteiger partial charge in [0.25, 0.3) is 0 Å². The van der Waals surface area contributed by atoms with E-state index in [0.29, 0.717) is 0 Å². The van der Waals surface area contributed by atoms with E-state index in [-0.39, 0.29) is 5.92 Å². The van der Waals surface area contributed by atoms with Gasteiger partial charge in [-0.05, 0) is 19.1 Å². The van der Waals surface area contributed by atoms with Crippen LogP contribution < -0.4 is 9.47 Å². The molecular formula is C16H17O2. The minimum absolute atomic E-state index is 0.0164. The lowest BCUT2D eigenvalue weighted by molar-refractivity contribution is 0.403. The second-order valence-electron chi connectivity index (χ2n) is 4.04. The standard InChI is InChI=1S/C16H17O2/c1-12(13-8-4-6-10-15(13)17-2)14-9-5-7-11-16(14)18-3/h4-12H,1H2,2-3H3. The van der Waals surface area contributed by atoms with Gasteiger partial charge in [-0.1, -0.05) is 36.4 Å². The Bertz CT molecular complexity index is 473. The predicted molar refractivity (Wildman–Crippen MR) is 73.2 cm³/mol. The van der Waals surface area contributed by atoms with Crippen molar-refractivity contribution in [3.63, 3.8) is 0 Å². The first kappa shape index (κ1) is 12.5. The fourth-order valence-corrected chi connectivity index (χ4v) is 2.08. The summed E-state index contributed by atoms with van der Waals surface area (Å²) in [4.78, 5) is 0. The number of ether oxygens (including phenoxy) is 2. The number of benzene rings is 2. The number of para-hydroxylation sites is 2. The summed E-state index contributed by atoms with van der Waals surface area (Å²) in [6, 6.07) is 15.9. The summed E-state index contributed by atoms with van der Waals surface area (Å²) in [5.74, 6) is 1.68. The van der Waals surface area contributed by atoms with Crippen LogP contribution in [0, 0.1) is 6.92 Å². The topological polar surface area (TPSA) is 18.5 Å². The van der Waals surface area contributed by atoms with Crippen molar-refractivity contribution in [3.8, 4) is 11.5 Å². The second kappa shape index (κ2) is 5.58. The molecule has 0 amide bonds. The Balaban J connectivity index is 2.44. The van der Waals surface area contributed by atoms with Gasteiger partial charge in [-0.15, -0.1) is 0 Å². The van der Waals surface area contributed by atoms with Crippen LogP contribution in [0.4, 0.5) is 0 Å². The van der Waals surface area contributed by atoms with Crippen molar-refractivity contribution in [2.45, 2.75) is 5.92 Å². The van der Waals surface area contributed by atoms with Gasteiger partial charge in [0.1, 0.15) is 11.5 Å². The summed E-state index contributed by atoms with van der Waals surface area (Å²) in [7, 11) is 3.35. The molecule has 0 saturated heterocycles. The van der Waals surface area contributed by atoms with E-state index >= 15 is 0 Å². The van der Waals surface area contributed by atoms with E-state index in [9.17, 15) is 0 Å². The minimum atomic E-state index is -0.0164. The molecule has 0 aliphatic rings. The molecule has 2 rings (SSSR count). The van der Waals surface area contributed by atoms with Crippen molar-refractivity contribution in [2.75, 3.05) is 14.2 Å². The summed E-state index contributed by atoms with van der Waals surface area (Å²) < 4.78 is 10.8. The first-order valence-electron chi connectivity index (χ1n) is 5.87. The molecule has 0 fully saturated rings. The number of hydrogen-bond acceptors (Lipinski definition) is 2. The molecule has 2 aromatic rings. The van der Waals surface area contributed by atoms with Crippen LogP contribution >= 0.6 is 0 Å². The van der Waals surface area contributed by atoms with Gasteiger partial charge in [0, 0.05) is 17.0 Å². The molecule has 0 atom stereocenters. The van der Waals surface area contributed by atoms with Crippen molar-refractivity contribution in [1.29, 1.82) is 0 Å². The smallest absolute Gasteiger partial charge is 0.122 e. The number of rotatable bonds is 4. The Kier molecular flexibility index (Phi) is 3.88. The zero-order valence-electron chi connectivity index (χ0n) is 10.7. The van der Waals surface area contributed by atoms with Gasteiger partial charge in [-0.25, -0.2) is 0 Å². The van der Waals surface area contributed by atoms with Gasteiger partial charge < -0.3 is 9.47 Å². The normalized spacial score (nSPS) is 10.4. The van der Waals surface area contributed by atoms with Crippen LogP contribution in [-0.2, 0) is 0 Å². The maximum absolute atomic E-state index is 5.38. The maximum atomic E-state index is 5.38. The fourth-order valence-electron chi connectivity index (χ4n) is 2.08. The Morgan fingerprint density at radius 1 is 0.778 bits per heavy atom. The number of hydrogen-bond donors (Lipinski definition) is 0. The molecule has 2 aromatic carbocycles. The highest BCUT2D eigenvalue weighted by Crippen LogP contribution is 2.35. The predicted octanol–water partition coefficient (Wildman–Crippen LogP) is 3.67. The highest BCUT2D eigenvalue weighted by molar-refractivity contribution is 5.47. The molecule has 0 spiro atoms. The second-order valence-corrected chi connectivity index (χ2v) is 4.04. The zero-order chi connectivity index (χ0) is 13.0. The first-order chi connectivity index (χ1) is 8.77. The lowest BCUT2D eigenvalue weighted by atomic mass is 9.92. The molecule has 0 bridgehead atoms. The minimum Gasteiger partial charge on any atom is -0.496 e. The molecule has 0 aliphatic carbocycles. The Morgan fingerprint density at radius 2 is 1.17 bits per heavy atom. The van der Waals surface area contributed by atoms with Gasteiger partial charge in [0.15, 0.2) is 0 Å². The molecule has 18 heavy (non-hydrogen) atoms. The molecule has 93 valence electrons. The molecular weight excluding hydrogens is 224 g/mol. The number of methoxy groups -OCH3 is 2. The van der Waals surface area contributed by atoms with Crippen molar-refractivity contribution in [2.24, 2.45) is 0 Å². The van der Waals surface area contributed by atoms with Crippen LogP contribution in [0.2, 0.25) is 0 Å². The quantitative estimate of drug-likeness (QED) is 0.813. The Hall–Kier alpha value is -1.96. The van der Waals surface area contributed by atoms with E-state index in [1.165, 1.54) is 0 Å². The maximum Gasteiger partial charge on any atom is 0.122 e. The average molecular weight is 241 g/mol. The lowest BCUT2D eigenvalue weighted by Gasteiger charge is -2.18. The molecule has 2 nitrogen and oxygen atoms in total. The van der Waals surface area contributed by atoms with Crippen LogP contribution in [0.3, 0.4) is 0 Å². The van der Waals surface area contributed by atoms with Crippen molar-refractivity contribution < 1.29 is 9.47 Å². The van der Waals surface area contributed by atoms with Crippen LogP contribution in [-0.4, -0.2) is 14.2 Å². The van der Waals surface area contributed by atoms with Crippen LogP contribution in [0.25, 0.3) is 0 Å². The SMILES string of the molecule is [CH2]C(c1ccccc1OC)c1ccccc1OC. The monoisotopic (exact) mass is 241 g/mol. The summed E-state index contributed by atoms with van der Waals surface area (Å²) in [6.45, 7) is 4.24. The van der Waals surface area contributed by atoms with Gasteiger partial charge in [-0.3, -0.25) is 0 Å². The fraction of sp³-hybridized carbons (Fsp3) is 0.188. The summed E-state index contributed by atoms with van der Waals surface area (Å²) in [5, 5.41) is 0. The van der Waals surface area contributed by atoms with E-state index in [1.807, 2.05) is 48.5 Å². The first-order valence-corrected chi connectivity index (χ1v) is 5.87. The molecule has 2 heteroatoms.